The number of hydrogen-bond acceptors (Lipinski definition) is 4. The van der Waals surface area contributed by atoms with E-state index in [1.165, 1.54) is 22.9 Å². The molecule has 1 fully saturated rings. The van der Waals surface area contributed by atoms with Crippen LogP contribution in [0.25, 0.3) is 0 Å². The number of nitrogens with zero attached hydrogens (tertiary/aromatic N) is 1. The van der Waals surface area contributed by atoms with Gasteiger partial charge in [0.1, 0.15) is 5.25 Å². The summed E-state index contributed by atoms with van der Waals surface area (Å²) in [4.78, 5) is 29.0. The zero-order chi connectivity index (χ0) is 20.3. The third-order valence-electron chi connectivity index (χ3n) is 4.73. The van der Waals surface area contributed by atoms with Crippen LogP contribution in [0.2, 0.25) is 0 Å². The van der Waals surface area contributed by atoms with Gasteiger partial charge in [-0.25, -0.2) is 4.99 Å². The van der Waals surface area contributed by atoms with E-state index in [-0.39, 0.29) is 18.2 Å². The zero-order valence-corrected chi connectivity index (χ0v) is 17.4. The first kappa shape index (κ1) is 20.1. The zero-order valence-electron chi connectivity index (χ0n) is 16.6. The molecule has 2 amide bonds. The van der Waals surface area contributed by atoms with Gasteiger partial charge in [-0.2, -0.15) is 0 Å². The lowest BCUT2D eigenvalue weighted by Gasteiger charge is -2.09. The molecule has 28 heavy (non-hydrogen) atoms. The van der Waals surface area contributed by atoms with E-state index in [9.17, 15) is 9.59 Å². The molecule has 1 atom stereocenters. The Hall–Kier alpha value is -2.60. The second kappa shape index (κ2) is 8.61. The van der Waals surface area contributed by atoms with Crippen molar-refractivity contribution in [3.05, 3.63) is 59.2 Å². The Labute approximate surface area is 170 Å². The Bertz CT molecular complexity index is 920. The monoisotopic (exact) mass is 395 g/mol. The second-order valence-electron chi connectivity index (χ2n) is 7.31. The second-order valence-corrected chi connectivity index (χ2v) is 8.50. The Morgan fingerprint density at radius 1 is 1.14 bits per heavy atom. The highest BCUT2D eigenvalue weighted by molar-refractivity contribution is 8.15. The molecule has 6 heteroatoms. The van der Waals surface area contributed by atoms with Crippen LogP contribution in [-0.2, 0) is 9.59 Å². The molecule has 0 saturated carbocycles. The molecule has 2 N–H and O–H groups in total. The van der Waals surface area contributed by atoms with Gasteiger partial charge in [-0.05, 0) is 60.7 Å². The summed E-state index contributed by atoms with van der Waals surface area (Å²) in [6.45, 7) is 8.32. The number of benzene rings is 2. The van der Waals surface area contributed by atoms with Crippen LogP contribution in [-0.4, -0.2) is 22.2 Å². The summed E-state index contributed by atoms with van der Waals surface area (Å²) in [7, 11) is 0. The number of nitrogens with one attached hydrogen (secondary N) is 2. The molecule has 0 spiro atoms. The normalized spacial score (nSPS) is 17.8. The number of aryl methyl sites for hydroxylation is 2. The van der Waals surface area contributed by atoms with Crippen molar-refractivity contribution >= 4 is 40.1 Å². The Kier molecular flexibility index (Phi) is 6.19. The van der Waals surface area contributed by atoms with Crippen LogP contribution >= 0.6 is 11.8 Å². The van der Waals surface area contributed by atoms with Gasteiger partial charge in [0.05, 0.1) is 5.69 Å². The van der Waals surface area contributed by atoms with E-state index in [0.717, 1.165) is 16.9 Å². The third kappa shape index (κ3) is 5.01. The SMILES string of the molecule is Cc1ccc(N=C2NC(=O)[C@H](CC(=O)Nc3ccc(C(C)C)cc3)S2)cc1C. The quantitative estimate of drug-likeness (QED) is 0.772. The van der Waals surface area contributed by atoms with Crippen molar-refractivity contribution in [3.8, 4) is 0 Å². The largest absolute Gasteiger partial charge is 0.326 e. The standard InChI is InChI=1S/C22H25N3O2S/c1-13(2)16-6-9-17(10-7-16)23-20(26)12-19-21(27)25-22(28-19)24-18-8-5-14(3)15(4)11-18/h5-11,13,19H,12H2,1-4H3,(H,23,26)(H,24,25,27)/t19-/m0/s1. The van der Waals surface area contributed by atoms with Gasteiger partial charge in [-0.1, -0.05) is 43.8 Å². The van der Waals surface area contributed by atoms with Gasteiger partial charge in [0.2, 0.25) is 11.8 Å². The minimum absolute atomic E-state index is 0.106. The summed E-state index contributed by atoms with van der Waals surface area (Å²) < 4.78 is 0. The molecule has 1 aliphatic heterocycles. The van der Waals surface area contributed by atoms with Gasteiger partial charge >= 0.3 is 0 Å². The molecule has 0 unspecified atom stereocenters. The van der Waals surface area contributed by atoms with Crippen LogP contribution in [0.15, 0.2) is 47.5 Å². The summed E-state index contributed by atoms with van der Waals surface area (Å²) in [6.07, 6.45) is 0.106. The molecule has 3 rings (SSSR count). The fraction of sp³-hybridized carbons (Fsp3) is 0.318. The average molecular weight is 396 g/mol. The van der Waals surface area contributed by atoms with Gasteiger partial charge < -0.3 is 10.6 Å². The number of anilines is 1. The fourth-order valence-electron chi connectivity index (χ4n) is 2.84. The van der Waals surface area contributed by atoms with Gasteiger partial charge in [-0.3, -0.25) is 9.59 Å². The van der Waals surface area contributed by atoms with Gasteiger partial charge in [0.15, 0.2) is 5.17 Å². The molecule has 2 aromatic carbocycles. The van der Waals surface area contributed by atoms with E-state index < -0.39 is 5.25 Å². The predicted octanol–water partition coefficient (Wildman–Crippen LogP) is 4.67. The molecule has 0 bridgehead atoms. The lowest BCUT2D eigenvalue weighted by molar-refractivity contribution is -0.122. The topological polar surface area (TPSA) is 70.6 Å². The number of amidine groups is 1. The predicted molar refractivity (Wildman–Crippen MR) is 116 cm³/mol. The molecule has 0 radical (unpaired) electrons. The Balaban J connectivity index is 1.60. The molecule has 1 heterocycles. The van der Waals surface area contributed by atoms with Crippen molar-refractivity contribution in [1.29, 1.82) is 0 Å². The molecular formula is C22H25N3O2S. The highest BCUT2D eigenvalue weighted by Gasteiger charge is 2.32. The first-order valence-electron chi connectivity index (χ1n) is 9.35. The highest BCUT2D eigenvalue weighted by Crippen LogP contribution is 2.26. The van der Waals surface area contributed by atoms with Crippen LogP contribution in [0.1, 0.15) is 42.9 Å². The number of carbonyl (C=O) groups excluding carboxylic acids is 2. The van der Waals surface area contributed by atoms with E-state index in [4.69, 9.17) is 0 Å². The summed E-state index contributed by atoms with van der Waals surface area (Å²) in [5, 5.41) is 5.69. The van der Waals surface area contributed by atoms with Gasteiger partial charge in [-0.15, -0.1) is 0 Å². The van der Waals surface area contributed by atoms with E-state index >= 15 is 0 Å². The van der Waals surface area contributed by atoms with Crippen molar-refractivity contribution in [2.75, 3.05) is 5.32 Å². The van der Waals surface area contributed by atoms with Crippen LogP contribution in [0.5, 0.6) is 0 Å². The van der Waals surface area contributed by atoms with E-state index in [0.29, 0.717) is 11.1 Å². The number of aliphatic imine (C=N–C) groups is 1. The van der Waals surface area contributed by atoms with Gasteiger partial charge in [0, 0.05) is 12.1 Å². The van der Waals surface area contributed by atoms with Crippen LogP contribution in [0, 0.1) is 13.8 Å². The number of hydrogen-bond donors (Lipinski definition) is 2. The van der Waals surface area contributed by atoms with Crippen molar-refractivity contribution < 1.29 is 9.59 Å². The Morgan fingerprint density at radius 2 is 1.86 bits per heavy atom. The lowest BCUT2D eigenvalue weighted by Crippen LogP contribution is -2.28. The minimum atomic E-state index is -0.472. The first-order chi connectivity index (χ1) is 13.3. The Morgan fingerprint density at radius 3 is 2.50 bits per heavy atom. The van der Waals surface area contributed by atoms with E-state index in [2.05, 4.69) is 29.5 Å². The first-order valence-corrected chi connectivity index (χ1v) is 10.2. The summed E-state index contributed by atoms with van der Waals surface area (Å²) >= 11 is 1.30. The van der Waals surface area contributed by atoms with Crippen LogP contribution < -0.4 is 10.6 Å². The average Bonchev–Trinajstić information content (AvgIpc) is 2.97. The maximum Gasteiger partial charge on any atom is 0.240 e. The maximum atomic E-state index is 12.3. The molecule has 5 nitrogen and oxygen atoms in total. The minimum Gasteiger partial charge on any atom is -0.326 e. The molecule has 0 aromatic heterocycles. The molecule has 1 saturated heterocycles. The summed E-state index contributed by atoms with van der Waals surface area (Å²) in [5.74, 6) is 0.0774. The van der Waals surface area contributed by atoms with E-state index in [1.807, 2.05) is 56.3 Å². The molecule has 1 aliphatic rings. The molecular weight excluding hydrogens is 370 g/mol. The van der Waals surface area contributed by atoms with Gasteiger partial charge in [0.25, 0.3) is 0 Å². The van der Waals surface area contributed by atoms with Crippen molar-refractivity contribution in [1.82, 2.24) is 5.32 Å². The van der Waals surface area contributed by atoms with E-state index in [1.54, 1.807) is 0 Å². The molecule has 2 aromatic rings. The van der Waals surface area contributed by atoms with Crippen molar-refractivity contribution in [3.63, 3.8) is 0 Å². The fourth-order valence-corrected chi connectivity index (χ4v) is 3.82. The third-order valence-corrected chi connectivity index (χ3v) is 5.81. The smallest absolute Gasteiger partial charge is 0.240 e. The maximum absolute atomic E-state index is 12.3. The molecule has 0 aliphatic carbocycles. The van der Waals surface area contributed by atoms with Crippen LogP contribution in [0.4, 0.5) is 11.4 Å². The van der Waals surface area contributed by atoms with Crippen LogP contribution in [0.3, 0.4) is 0 Å². The highest BCUT2D eigenvalue weighted by atomic mass is 32.2. The lowest BCUT2D eigenvalue weighted by atomic mass is 10.0. The number of amides is 2. The summed E-state index contributed by atoms with van der Waals surface area (Å²) in [6, 6.07) is 13.7. The molecule has 146 valence electrons. The summed E-state index contributed by atoms with van der Waals surface area (Å²) in [5.41, 5.74) is 5.10. The van der Waals surface area contributed by atoms with Crippen molar-refractivity contribution in [2.45, 2.75) is 45.3 Å². The number of rotatable bonds is 5. The number of carbonyl (C=O) groups is 2. The number of thioether (sulfide) groups is 1. The van der Waals surface area contributed by atoms with Crippen molar-refractivity contribution in [2.24, 2.45) is 4.99 Å².